The van der Waals surface area contributed by atoms with Crippen molar-refractivity contribution in [3.63, 3.8) is 0 Å². The van der Waals surface area contributed by atoms with Crippen LogP contribution in [-0.2, 0) is 9.53 Å². The van der Waals surface area contributed by atoms with Crippen molar-refractivity contribution in [2.75, 3.05) is 13.2 Å². The fourth-order valence-corrected chi connectivity index (χ4v) is 0.881. The third-order valence-electron chi connectivity index (χ3n) is 2.09. The van der Waals surface area contributed by atoms with E-state index in [4.69, 9.17) is 10.5 Å². The van der Waals surface area contributed by atoms with Crippen LogP contribution >= 0.6 is 0 Å². The van der Waals surface area contributed by atoms with Crippen LogP contribution < -0.4 is 11.1 Å². The highest BCUT2D eigenvalue weighted by Gasteiger charge is 2.14. The Bertz CT molecular complexity index is 162. The molecule has 0 aliphatic carbocycles. The maximum atomic E-state index is 11.4. The third kappa shape index (κ3) is 5.94. The average molecular weight is 202 g/mol. The smallest absolute Gasteiger partial charge is 0.249 e. The van der Waals surface area contributed by atoms with Crippen molar-refractivity contribution in [2.24, 2.45) is 5.73 Å². The monoisotopic (exact) mass is 202 g/mol. The van der Waals surface area contributed by atoms with E-state index in [0.717, 1.165) is 12.8 Å². The van der Waals surface area contributed by atoms with Gasteiger partial charge in [0, 0.05) is 12.6 Å². The third-order valence-corrected chi connectivity index (χ3v) is 2.09. The van der Waals surface area contributed by atoms with Gasteiger partial charge in [-0.05, 0) is 33.2 Å². The minimum atomic E-state index is -0.379. The Balaban J connectivity index is 3.64. The number of carbonyl (C=O) groups is 1. The second-order valence-electron chi connectivity index (χ2n) is 3.47. The highest BCUT2D eigenvalue weighted by molar-refractivity contribution is 5.80. The van der Waals surface area contributed by atoms with Gasteiger partial charge in [0.15, 0.2) is 0 Å². The molecule has 3 N–H and O–H groups in total. The molecular formula is C10H22N2O2. The fraction of sp³-hybridized carbons (Fsp3) is 0.900. The topological polar surface area (TPSA) is 64.3 Å². The number of carbonyl (C=O) groups excluding carboxylic acids is 1. The Hall–Kier alpha value is -0.610. The van der Waals surface area contributed by atoms with Gasteiger partial charge in [-0.1, -0.05) is 6.92 Å². The van der Waals surface area contributed by atoms with E-state index in [9.17, 15) is 4.79 Å². The lowest BCUT2D eigenvalue weighted by molar-refractivity contribution is -0.132. The molecule has 0 spiro atoms. The normalized spacial score (nSPS) is 14.9. The molecule has 0 bridgehead atoms. The van der Waals surface area contributed by atoms with E-state index < -0.39 is 0 Å². The molecule has 0 radical (unpaired) electrons. The van der Waals surface area contributed by atoms with Crippen LogP contribution in [0, 0.1) is 0 Å². The highest BCUT2D eigenvalue weighted by Crippen LogP contribution is 1.95. The Labute approximate surface area is 86.2 Å². The van der Waals surface area contributed by atoms with Crippen LogP contribution in [0.3, 0.4) is 0 Å². The summed E-state index contributed by atoms with van der Waals surface area (Å²) < 4.78 is 5.30. The predicted molar refractivity (Wildman–Crippen MR) is 57.0 cm³/mol. The van der Waals surface area contributed by atoms with Crippen LogP contribution in [0.2, 0.25) is 0 Å². The molecule has 0 aliphatic rings. The SMILES string of the molecule is CCC(C)NC(=O)C(C)OCCCN. The van der Waals surface area contributed by atoms with E-state index >= 15 is 0 Å². The molecule has 0 saturated heterocycles. The zero-order chi connectivity index (χ0) is 11.0. The molecule has 0 heterocycles. The molecule has 14 heavy (non-hydrogen) atoms. The van der Waals surface area contributed by atoms with Gasteiger partial charge in [-0.2, -0.15) is 0 Å². The first kappa shape index (κ1) is 13.4. The molecule has 0 aromatic carbocycles. The summed E-state index contributed by atoms with van der Waals surface area (Å²) in [6, 6.07) is 0.211. The number of hydrogen-bond acceptors (Lipinski definition) is 3. The minimum Gasteiger partial charge on any atom is -0.369 e. The summed E-state index contributed by atoms with van der Waals surface area (Å²) in [5.41, 5.74) is 5.31. The molecule has 84 valence electrons. The largest absolute Gasteiger partial charge is 0.369 e. The van der Waals surface area contributed by atoms with Gasteiger partial charge in [-0.3, -0.25) is 4.79 Å². The quantitative estimate of drug-likeness (QED) is 0.596. The van der Waals surface area contributed by atoms with Gasteiger partial charge < -0.3 is 15.8 Å². The lowest BCUT2D eigenvalue weighted by Gasteiger charge is -2.16. The number of nitrogens with two attached hydrogens (primary N) is 1. The van der Waals surface area contributed by atoms with Crippen LogP contribution in [0.4, 0.5) is 0 Å². The van der Waals surface area contributed by atoms with Crippen molar-refractivity contribution in [1.29, 1.82) is 0 Å². The van der Waals surface area contributed by atoms with E-state index in [2.05, 4.69) is 5.32 Å². The molecule has 0 aromatic heterocycles. The molecule has 0 saturated carbocycles. The average Bonchev–Trinajstić information content (AvgIpc) is 2.17. The van der Waals surface area contributed by atoms with Crippen LogP contribution in [0.15, 0.2) is 0 Å². The number of amides is 1. The van der Waals surface area contributed by atoms with Gasteiger partial charge in [0.2, 0.25) is 5.91 Å². The Kier molecular flexibility index (Phi) is 7.42. The molecule has 4 nitrogen and oxygen atoms in total. The molecule has 4 heteroatoms. The number of rotatable bonds is 7. The van der Waals surface area contributed by atoms with E-state index in [0.29, 0.717) is 13.2 Å². The van der Waals surface area contributed by atoms with Gasteiger partial charge in [-0.25, -0.2) is 0 Å². The Morgan fingerprint density at radius 2 is 2.14 bits per heavy atom. The van der Waals surface area contributed by atoms with Crippen LogP contribution in [0.1, 0.15) is 33.6 Å². The molecular weight excluding hydrogens is 180 g/mol. The summed E-state index contributed by atoms with van der Waals surface area (Å²) in [4.78, 5) is 11.4. The van der Waals surface area contributed by atoms with Crippen LogP contribution in [0.5, 0.6) is 0 Å². The zero-order valence-electron chi connectivity index (χ0n) is 9.38. The van der Waals surface area contributed by atoms with E-state index in [1.807, 2.05) is 13.8 Å². The lowest BCUT2D eigenvalue weighted by Crippen LogP contribution is -2.39. The van der Waals surface area contributed by atoms with Gasteiger partial charge in [0.1, 0.15) is 6.10 Å². The molecule has 0 aromatic rings. The summed E-state index contributed by atoms with van der Waals surface area (Å²) in [5, 5.41) is 2.86. The van der Waals surface area contributed by atoms with Gasteiger partial charge in [0.05, 0.1) is 0 Å². The molecule has 0 aliphatic heterocycles. The second-order valence-corrected chi connectivity index (χ2v) is 3.47. The first-order valence-electron chi connectivity index (χ1n) is 5.23. The van der Waals surface area contributed by atoms with E-state index in [1.165, 1.54) is 0 Å². The zero-order valence-corrected chi connectivity index (χ0v) is 9.38. The van der Waals surface area contributed by atoms with E-state index in [1.54, 1.807) is 6.92 Å². The standard InChI is InChI=1S/C10H22N2O2/c1-4-8(2)12-10(13)9(3)14-7-5-6-11/h8-9H,4-7,11H2,1-3H3,(H,12,13). The molecule has 2 atom stereocenters. The maximum absolute atomic E-state index is 11.4. The summed E-state index contributed by atoms with van der Waals surface area (Å²) >= 11 is 0. The maximum Gasteiger partial charge on any atom is 0.249 e. The number of hydrogen-bond donors (Lipinski definition) is 2. The Morgan fingerprint density at radius 3 is 2.64 bits per heavy atom. The molecule has 1 amide bonds. The molecule has 0 fully saturated rings. The van der Waals surface area contributed by atoms with Gasteiger partial charge in [-0.15, -0.1) is 0 Å². The predicted octanol–water partition coefficient (Wildman–Crippen LogP) is 0.655. The van der Waals surface area contributed by atoms with Gasteiger partial charge >= 0.3 is 0 Å². The van der Waals surface area contributed by atoms with Gasteiger partial charge in [0.25, 0.3) is 0 Å². The summed E-state index contributed by atoms with van der Waals surface area (Å²) in [7, 11) is 0. The first-order chi connectivity index (χ1) is 6.61. The number of nitrogens with one attached hydrogen (secondary N) is 1. The Morgan fingerprint density at radius 1 is 1.50 bits per heavy atom. The summed E-state index contributed by atoms with van der Waals surface area (Å²) in [6.07, 6.45) is 1.35. The van der Waals surface area contributed by atoms with Crippen molar-refractivity contribution in [3.05, 3.63) is 0 Å². The van der Waals surface area contributed by atoms with Crippen molar-refractivity contribution >= 4 is 5.91 Å². The molecule has 2 unspecified atom stereocenters. The minimum absolute atomic E-state index is 0.0450. The first-order valence-corrected chi connectivity index (χ1v) is 5.23. The van der Waals surface area contributed by atoms with Crippen molar-refractivity contribution in [2.45, 2.75) is 45.8 Å². The van der Waals surface area contributed by atoms with E-state index in [-0.39, 0.29) is 18.1 Å². The highest BCUT2D eigenvalue weighted by atomic mass is 16.5. The number of ether oxygens (including phenoxy) is 1. The summed E-state index contributed by atoms with van der Waals surface area (Å²) in [6.45, 7) is 6.91. The van der Waals surface area contributed by atoms with Crippen molar-refractivity contribution in [1.82, 2.24) is 5.32 Å². The fourth-order valence-electron chi connectivity index (χ4n) is 0.881. The molecule has 0 rings (SSSR count). The van der Waals surface area contributed by atoms with Crippen LogP contribution in [-0.4, -0.2) is 31.2 Å². The van der Waals surface area contributed by atoms with Crippen LogP contribution in [0.25, 0.3) is 0 Å². The van der Waals surface area contributed by atoms with Crippen molar-refractivity contribution in [3.8, 4) is 0 Å². The lowest BCUT2D eigenvalue weighted by atomic mass is 10.2. The summed E-state index contributed by atoms with van der Waals surface area (Å²) in [5.74, 6) is -0.0450. The van der Waals surface area contributed by atoms with Crippen molar-refractivity contribution < 1.29 is 9.53 Å². The second kappa shape index (κ2) is 7.76.